The summed E-state index contributed by atoms with van der Waals surface area (Å²) < 4.78 is 35.2. The normalized spacial score (nSPS) is 11.7. The Morgan fingerprint density at radius 1 is 0.340 bits per heavy atom. The zero-order valence-electron chi connectivity index (χ0n) is 29.0. The summed E-state index contributed by atoms with van der Waals surface area (Å²) in [7, 11) is 0. The van der Waals surface area contributed by atoms with Crippen molar-refractivity contribution in [2.24, 2.45) is 0 Å². The molecule has 0 N–H and O–H groups in total. The van der Waals surface area contributed by atoms with E-state index in [0.29, 0.717) is 66.1 Å². The third-order valence-electron chi connectivity index (χ3n) is 8.22. The molecule has 0 heterocycles. The molecule has 47 heavy (non-hydrogen) atoms. The third-order valence-corrected chi connectivity index (χ3v) is 8.22. The molecule has 0 atom stereocenters. The van der Waals surface area contributed by atoms with Gasteiger partial charge < -0.3 is 28.4 Å². The Morgan fingerprint density at radius 3 is 1.00 bits per heavy atom. The maximum Gasteiger partial charge on any atom is 0.143 e. The zero-order valence-corrected chi connectivity index (χ0v) is 29.0. The Balaban J connectivity index is 1.16. The number of ether oxygens (including phenoxy) is 6. The Kier molecular flexibility index (Phi) is 21.8. The summed E-state index contributed by atoms with van der Waals surface area (Å²) in [5.41, 5.74) is 2.52. The van der Waals surface area contributed by atoms with Crippen LogP contribution in [0.3, 0.4) is 0 Å². The number of benzene rings is 3. The monoisotopic (exact) mass is 648 g/mol. The first kappa shape index (κ1) is 38.9. The highest BCUT2D eigenvalue weighted by atomic mass is 16.6. The summed E-state index contributed by atoms with van der Waals surface area (Å²) in [6.45, 7) is 8.48. The molecule has 3 aromatic rings. The van der Waals surface area contributed by atoms with Crippen LogP contribution >= 0.6 is 0 Å². The topological polar surface area (TPSA) is 55.4 Å². The van der Waals surface area contributed by atoms with Crippen LogP contribution in [-0.2, 0) is 34.0 Å². The smallest absolute Gasteiger partial charge is 0.143 e. The number of rotatable bonds is 30. The van der Waals surface area contributed by atoms with Gasteiger partial charge in [0.2, 0.25) is 0 Å². The molecule has 0 spiro atoms. The molecule has 0 fully saturated rings. The number of hydrogen-bond donors (Lipinski definition) is 0. The van der Waals surface area contributed by atoms with Crippen molar-refractivity contribution in [3.8, 4) is 0 Å². The lowest BCUT2D eigenvalue weighted by atomic mass is 9.80. The van der Waals surface area contributed by atoms with Crippen molar-refractivity contribution in [3.63, 3.8) is 0 Å². The van der Waals surface area contributed by atoms with Crippen LogP contribution in [0.2, 0.25) is 0 Å². The van der Waals surface area contributed by atoms with Gasteiger partial charge in [0.05, 0.1) is 66.1 Å². The van der Waals surface area contributed by atoms with Crippen LogP contribution in [0, 0.1) is 0 Å². The minimum absolute atomic E-state index is 0.437. The minimum Gasteiger partial charge on any atom is -0.379 e. The van der Waals surface area contributed by atoms with E-state index in [2.05, 4.69) is 79.7 Å². The van der Waals surface area contributed by atoms with Gasteiger partial charge in [-0.25, -0.2) is 0 Å². The summed E-state index contributed by atoms with van der Waals surface area (Å²) >= 11 is 0. The molecule has 6 nitrogen and oxygen atoms in total. The van der Waals surface area contributed by atoms with E-state index in [0.717, 1.165) is 29.7 Å². The second-order valence-corrected chi connectivity index (χ2v) is 11.9. The minimum atomic E-state index is -0.732. The Morgan fingerprint density at radius 2 is 0.638 bits per heavy atom. The van der Waals surface area contributed by atoms with Gasteiger partial charge in [0.1, 0.15) is 5.60 Å². The molecule has 260 valence electrons. The molecule has 0 saturated carbocycles. The second kappa shape index (κ2) is 26.4. The molecular weight excluding hydrogens is 588 g/mol. The van der Waals surface area contributed by atoms with Gasteiger partial charge in [0.15, 0.2) is 0 Å². The lowest BCUT2D eigenvalue weighted by Crippen LogP contribution is -2.34. The average Bonchev–Trinajstić information content (AvgIpc) is 3.12. The van der Waals surface area contributed by atoms with Crippen LogP contribution in [0.25, 0.3) is 0 Å². The molecule has 0 radical (unpaired) electrons. The van der Waals surface area contributed by atoms with E-state index < -0.39 is 5.60 Å². The van der Waals surface area contributed by atoms with Gasteiger partial charge in [0.25, 0.3) is 0 Å². The molecule has 0 bridgehead atoms. The van der Waals surface area contributed by atoms with Crippen LogP contribution in [0.15, 0.2) is 91.0 Å². The Labute approximate surface area is 285 Å². The van der Waals surface area contributed by atoms with Gasteiger partial charge in [0, 0.05) is 6.61 Å². The van der Waals surface area contributed by atoms with Gasteiger partial charge in [-0.05, 0) is 23.1 Å². The van der Waals surface area contributed by atoms with Crippen molar-refractivity contribution in [1.29, 1.82) is 0 Å². The fourth-order valence-electron chi connectivity index (χ4n) is 5.70. The van der Waals surface area contributed by atoms with E-state index >= 15 is 0 Å². The van der Waals surface area contributed by atoms with E-state index in [-0.39, 0.29) is 0 Å². The Bertz CT molecular complexity index is 998. The zero-order chi connectivity index (χ0) is 32.9. The van der Waals surface area contributed by atoms with E-state index in [1.807, 2.05) is 18.2 Å². The van der Waals surface area contributed by atoms with Crippen LogP contribution < -0.4 is 0 Å². The summed E-state index contributed by atoms with van der Waals surface area (Å²) in [5.74, 6) is 0. The summed E-state index contributed by atoms with van der Waals surface area (Å²) in [6.07, 6.45) is 13.4. The van der Waals surface area contributed by atoms with Crippen molar-refractivity contribution in [2.75, 3.05) is 72.7 Å². The molecular formula is C41H60O6. The SMILES string of the molecule is CCCCCCCCCCCCOCCOCCOCCOCCOCCOC(c1ccccc1)(c1ccccc1)c1ccccc1. The van der Waals surface area contributed by atoms with Crippen LogP contribution in [-0.4, -0.2) is 72.7 Å². The van der Waals surface area contributed by atoms with E-state index in [1.54, 1.807) is 0 Å². The van der Waals surface area contributed by atoms with Gasteiger partial charge >= 0.3 is 0 Å². The first-order valence-corrected chi connectivity index (χ1v) is 18.1. The molecule has 0 aliphatic carbocycles. The van der Waals surface area contributed by atoms with Gasteiger partial charge in [-0.3, -0.25) is 0 Å². The first-order valence-electron chi connectivity index (χ1n) is 18.1. The molecule has 0 aliphatic heterocycles. The van der Waals surface area contributed by atoms with Crippen molar-refractivity contribution >= 4 is 0 Å². The molecule has 6 heteroatoms. The van der Waals surface area contributed by atoms with Gasteiger partial charge in [-0.1, -0.05) is 156 Å². The van der Waals surface area contributed by atoms with E-state index in [1.165, 1.54) is 57.8 Å². The van der Waals surface area contributed by atoms with E-state index in [9.17, 15) is 0 Å². The predicted molar refractivity (Wildman–Crippen MR) is 191 cm³/mol. The molecule has 0 unspecified atom stereocenters. The predicted octanol–water partition coefficient (Wildman–Crippen LogP) is 9.00. The maximum atomic E-state index is 6.73. The molecule has 0 aliphatic rings. The summed E-state index contributed by atoms with van der Waals surface area (Å²) in [4.78, 5) is 0. The lowest BCUT2D eigenvalue weighted by molar-refractivity contribution is -0.0391. The molecule has 0 amide bonds. The van der Waals surface area contributed by atoms with Gasteiger partial charge in [-0.2, -0.15) is 0 Å². The molecule has 0 aromatic heterocycles. The first-order chi connectivity index (χ1) is 23.4. The largest absolute Gasteiger partial charge is 0.379 e. The second-order valence-electron chi connectivity index (χ2n) is 11.9. The fourth-order valence-corrected chi connectivity index (χ4v) is 5.70. The highest BCUT2D eigenvalue weighted by Crippen LogP contribution is 2.40. The van der Waals surface area contributed by atoms with Crippen LogP contribution in [0.4, 0.5) is 0 Å². The molecule has 3 aromatic carbocycles. The third kappa shape index (κ3) is 15.9. The van der Waals surface area contributed by atoms with Crippen LogP contribution in [0.1, 0.15) is 87.8 Å². The highest BCUT2D eigenvalue weighted by Gasteiger charge is 2.37. The van der Waals surface area contributed by atoms with Crippen LogP contribution in [0.5, 0.6) is 0 Å². The number of hydrogen-bond acceptors (Lipinski definition) is 6. The maximum absolute atomic E-state index is 6.73. The van der Waals surface area contributed by atoms with Crippen molar-refractivity contribution in [3.05, 3.63) is 108 Å². The lowest BCUT2D eigenvalue weighted by Gasteiger charge is -2.36. The van der Waals surface area contributed by atoms with Crippen molar-refractivity contribution in [2.45, 2.75) is 76.7 Å². The fraction of sp³-hybridized carbons (Fsp3) is 0.561. The molecule has 0 saturated heterocycles. The molecule has 3 rings (SSSR count). The Hall–Kier alpha value is -2.58. The van der Waals surface area contributed by atoms with Crippen molar-refractivity contribution < 1.29 is 28.4 Å². The summed E-state index contributed by atoms with van der Waals surface area (Å²) in [5, 5.41) is 0. The summed E-state index contributed by atoms with van der Waals surface area (Å²) in [6, 6.07) is 31.2. The van der Waals surface area contributed by atoms with Crippen molar-refractivity contribution in [1.82, 2.24) is 0 Å². The van der Waals surface area contributed by atoms with Gasteiger partial charge in [-0.15, -0.1) is 0 Å². The van der Waals surface area contributed by atoms with E-state index in [4.69, 9.17) is 28.4 Å². The standard InChI is InChI=1S/C41H60O6/c1-2-3-4-5-6-7-8-9-10-20-27-42-28-29-43-30-31-44-32-33-45-34-35-46-36-37-47-41(38-21-14-11-15-22-38,39-23-16-12-17-24-39)40-25-18-13-19-26-40/h11-19,21-26H,2-10,20,27-37H2,1H3. The average molecular weight is 649 g/mol. The number of unbranched alkanes of at least 4 members (excludes halogenated alkanes) is 9. The highest BCUT2D eigenvalue weighted by molar-refractivity contribution is 5.47. The quantitative estimate of drug-likeness (QED) is 0.0531.